The van der Waals surface area contributed by atoms with Crippen LogP contribution in [0, 0.1) is 0 Å². The minimum absolute atomic E-state index is 0.356. The molecule has 0 radical (unpaired) electrons. The summed E-state index contributed by atoms with van der Waals surface area (Å²) in [5.41, 5.74) is 6.50. The Morgan fingerprint density at radius 2 is 2.23 bits per heavy atom. The molecule has 1 aliphatic rings. The van der Waals surface area contributed by atoms with E-state index in [9.17, 15) is 0 Å². The van der Waals surface area contributed by atoms with Crippen LogP contribution in [0.2, 0.25) is 0 Å². The van der Waals surface area contributed by atoms with E-state index in [0.717, 1.165) is 23.6 Å². The van der Waals surface area contributed by atoms with Gasteiger partial charge in [-0.3, -0.25) is 0 Å². The first-order chi connectivity index (χ1) is 6.36. The monoisotopic (exact) mass is 195 g/mol. The molecule has 70 valence electrons. The lowest BCUT2D eigenvalue weighted by Gasteiger charge is -2.13. The predicted octanol–water partition coefficient (Wildman–Crippen LogP) is 2.15. The summed E-state index contributed by atoms with van der Waals surface area (Å²) in [6, 6.07) is 7.68. The largest absolute Gasteiger partial charge is 0.487 e. The van der Waals surface area contributed by atoms with Crippen LogP contribution >= 0.6 is 11.8 Å². The number of nitrogen functional groups attached to an aromatic ring is 1. The van der Waals surface area contributed by atoms with Crippen molar-refractivity contribution < 1.29 is 4.74 Å². The van der Waals surface area contributed by atoms with E-state index < -0.39 is 0 Å². The summed E-state index contributed by atoms with van der Waals surface area (Å²) in [4.78, 5) is 0. The normalized spacial score (nSPS) is 21.7. The number of hydrogen-bond acceptors (Lipinski definition) is 3. The van der Waals surface area contributed by atoms with E-state index in [-0.39, 0.29) is 0 Å². The summed E-state index contributed by atoms with van der Waals surface area (Å²) in [5.74, 6) is 3.13. The summed E-state index contributed by atoms with van der Waals surface area (Å²) in [5, 5.41) is 0. The number of hydrogen-bond donors (Lipinski definition) is 1. The van der Waals surface area contributed by atoms with E-state index in [1.165, 1.54) is 5.75 Å². The Bertz CT molecular complexity index is 284. The van der Waals surface area contributed by atoms with Gasteiger partial charge in [-0.2, -0.15) is 11.8 Å². The van der Waals surface area contributed by atoms with Crippen molar-refractivity contribution in [3.63, 3.8) is 0 Å². The van der Waals surface area contributed by atoms with Crippen molar-refractivity contribution in [1.29, 1.82) is 0 Å². The molecule has 1 heterocycles. The molecule has 0 amide bonds. The smallest absolute Gasteiger partial charge is 0.142 e. The second-order valence-corrected chi connectivity index (χ2v) is 4.29. The van der Waals surface area contributed by atoms with Gasteiger partial charge in [0, 0.05) is 5.75 Å². The second-order valence-electron chi connectivity index (χ2n) is 3.14. The van der Waals surface area contributed by atoms with Gasteiger partial charge in [-0.1, -0.05) is 12.1 Å². The van der Waals surface area contributed by atoms with Gasteiger partial charge in [0.05, 0.1) is 5.69 Å². The minimum Gasteiger partial charge on any atom is -0.487 e. The molecule has 2 N–H and O–H groups in total. The molecule has 13 heavy (non-hydrogen) atoms. The highest BCUT2D eigenvalue weighted by atomic mass is 32.2. The Morgan fingerprint density at radius 1 is 1.38 bits per heavy atom. The van der Waals surface area contributed by atoms with E-state index in [1.54, 1.807) is 0 Å². The second kappa shape index (κ2) is 3.92. The molecule has 1 atom stereocenters. The molecular formula is C10H13NOS. The molecule has 0 spiro atoms. The van der Waals surface area contributed by atoms with Crippen molar-refractivity contribution in [2.75, 3.05) is 17.2 Å². The van der Waals surface area contributed by atoms with Gasteiger partial charge < -0.3 is 10.5 Å². The summed E-state index contributed by atoms with van der Waals surface area (Å²) < 4.78 is 5.76. The van der Waals surface area contributed by atoms with Crippen LogP contribution in [0.4, 0.5) is 5.69 Å². The van der Waals surface area contributed by atoms with Gasteiger partial charge >= 0.3 is 0 Å². The number of benzene rings is 1. The predicted molar refractivity (Wildman–Crippen MR) is 57.2 cm³/mol. The van der Waals surface area contributed by atoms with Crippen molar-refractivity contribution in [2.45, 2.75) is 12.5 Å². The van der Waals surface area contributed by atoms with Crippen molar-refractivity contribution >= 4 is 17.4 Å². The van der Waals surface area contributed by atoms with E-state index in [2.05, 4.69) is 0 Å². The average Bonchev–Trinajstić information content (AvgIpc) is 2.61. The maximum absolute atomic E-state index is 5.77. The van der Waals surface area contributed by atoms with Crippen LogP contribution in [0.5, 0.6) is 5.75 Å². The first kappa shape index (κ1) is 8.75. The third-order valence-electron chi connectivity index (χ3n) is 2.10. The molecule has 3 heteroatoms. The van der Waals surface area contributed by atoms with Crippen molar-refractivity contribution in [1.82, 2.24) is 0 Å². The number of nitrogens with two attached hydrogens (primary N) is 1. The number of rotatable bonds is 2. The van der Waals surface area contributed by atoms with Crippen LogP contribution < -0.4 is 10.5 Å². The van der Waals surface area contributed by atoms with Gasteiger partial charge in [-0.25, -0.2) is 0 Å². The van der Waals surface area contributed by atoms with Gasteiger partial charge in [0.2, 0.25) is 0 Å². The highest BCUT2D eigenvalue weighted by Gasteiger charge is 2.17. The molecular weight excluding hydrogens is 182 g/mol. The maximum Gasteiger partial charge on any atom is 0.142 e. The fourth-order valence-electron chi connectivity index (χ4n) is 1.37. The number of ether oxygens (including phenoxy) is 1. The molecule has 1 aromatic carbocycles. The zero-order valence-corrected chi connectivity index (χ0v) is 8.22. The van der Waals surface area contributed by atoms with Crippen molar-refractivity contribution in [2.24, 2.45) is 0 Å². The number of anilines is 1. The molecule has 0 aliphatic carbocycles. The highest BCUT2D eigenvalue weighted by Crippen LogP contribution is 2.26. The van der Waals surface area contributed by atoms with E-state index in [1.807, 2.05) is 36.0 Å². The molecule has 2 nitrogen and oxygen atoms in total. The first-order valence-corrected chi connectivity index (χ1v) is 5.60. The molecule has 0 bridgehead atoms. The highest BCUT2D eigenvalue weighted by molar-refractivity contribution is 7.99. The van der Waals surface area contributed by atoms with Crippen LogP contribution in [0.1, 0.15) is 6.42 Å². The van der Waals surface area contributed by atoms with Crippen LogP contribution in [-0.2, 0) is 0 Å². The zero-order valence-electron chi connectivity index (χ0n) is 7.40. The Hall–Kier alpha value is -0.830. The zero-order chi connectivity index (χ0) is 9.10. The molecule has 1 aromatic rings. The van der Waals surface area contributed by atoms with E-state index >= 15 is 0 Å². The Morgan fingerprint density at radius 3 is 2.92 bits per heavy atom. The molecule has 0 saturated carbocycles. The van der Waals surface area contributed by atoms with Crippen LogP contribution in [-0.4, -0.2) is 17.6 Å². The lowest BCUT2D eigenvalue weighted by Crippen LogP contribution is -2.15. The van der Waals surface area contributed by atoms with Gasteiger partial charge in [0.25, 0.3) is 0 Å². The van der Waals surface area contributed by atoms with E-state index in [4.69, 9.17) is 10.5 Å². The van der Waals surface area contributed by atoms with Crippen molar-refractivity contribution in [3.8, 4) is 5.75 Å². The summed E-state index contributed by atoms with van der Waals surface area (Å²) in [6.07, 6.45) is 1.49. The van der Waals surface area contributed by atoms with Crippen molar-refractivity contribution in [3.05, 3.63) is 24.3 Å². The number of thioether (sulfide) groups is 1. The SMILES string of the molecule is Nc1ccccc1OC1CCSC1. The van der Waals surface area contributed by atoms with Gasteiger partial charge in [-0.05, 0) is 24.3 Å². The third kappa shape index (κ3) is 2.10. The fourth-order valence-corrected chi connectivity index (χ4v) is 2.47. The molecule has 1 saturated heterocycles. The minimum atomic E-state index is 0.356. The lowest BCUT2D eigenvalue weighted by molar-refractivity contribution is 0.231. The Kier molecular flexibility index (Phi) is 2.64. The van der Waals surface area contributed by atoms with Crippen LogP contribution in [0.3, 0.4) is 0 Å². The molecule has 0 aromatic heterocycles. The quantitative estimate of drug-likeness (QED) is 0.734. The fraction of sp³-hybridized carbons (Fsp3) is 0.400. The Labute approximate surface area is 82.5 Å². The summed E-state index contributed by atoms with van der Waals surface area (Å²) in [7, 11) is 0. The molecule has 2 rings (SSSR count). The Balaban J connectivity index is 2.04. The molecule has 1 fully saturated rings. The third-order valence-corrected chi connectivity index (χ3v) is 3.23. The van der Waals surface area contributed by atoms with Gasteiger partial charge in [-0.15, -0.1) is 0 Å². The molecule has 1 aliphatic heterocycles. The van der Waals surface area contributed by atoms with Gasteiger partial charge in [0.1, 0.15) is 11.9 Å². The van der Waals surface area contributed by atoms with E-state index in [0.29, 0.717) is 6.10 Å². The van der Waals surface area contributed by atoms with Crippen LogP contribution in [0.15, 0.2) is 24.3 Å². The summed E-state index contributed by atoms with van der Waals surface area (Å²) in [6.45, 7) is 0. The summed E-state index contributed by atoms with van der Waals surface area (Å²) >= 11 is 1.94. The molecule has 1 unspecified atom stereocenters. The van der Waals surface area contributed by atoms with Crippen LogP contribution in [0.25, 0.3) is 0 Å². The average molecular weight is 195 g/mol. The topological polar surface area (TPSA) is 35.2 Å². The standard InChI is InChI=1S/C10H13NOS/c11-9-3-1-2-4-10(9)12-8-5-6-13-7-8/h1-4,8H,5-7,11H2. The van der Waals surface area contributed by atoms with Gasteiger partial charge in [0.15, 0.2) is 0 Å². The maximum atomic E-state index is 5.77. The first-order valence-electron chi connectivity index (χ1n) is 4.45. The lowest BCUT2D eigenvalue weighted by atomic mass is 10.3. The number of para-hydroxylation sites is 2.